The molecule has 4 rings (SSSR count). The molecule has 0 aliphatic carbocycles. The van der Waals surface area contributed by atoms with Gasteiger partial charge >= 0.3 is 11.7 Å². The highest BCUT2D eigenvalue weighted by Crippen LogP contribution is 2.35. The van der Waals surface area contributed by atoms with E-state index in [1.165, 1.54) is 4.57 Å². The summed E-state index contributed by atoms with van der Waals surface area (Å²) < 4.78 is 6.67. The Balaban J connectivity index is 1.53. The Labute approximate surface area is 198 Å². The lowest BCUT2D eigenvalue weighted by Gasteiger charge is -2.37. The molecule has 1 aromatic heterocycles. The normalized spacial score (nSPS) is 18.7. The summed E-state index contributed by atoms with van der Waals surface area (Å²) >= 11 is 0. The molecule has 0 saturated carbocycles. The summed E-state index contributed by atoms with van der Waals surface area (Å²) in [7, 11) is 4.00. The molecule has 1 saturated heterocycles. The average Bonchev–Trinajstić information content (AvgIpc) is 2.84. The maximum atomic E-state index is 12.9. The highest BCUT2D eigenvalue weighted by atomic mass is 16.5. The van der Waals surface area contributed by atoms with Gasteiger partial charge in [0, 0.05) is 39.4 Å². The predicted octanol–water partition coefficient (Wildman–Crippen LogP) is 2.42. The standard InChI is InChI=1S/C26H32N4O4/c1-4-34-25(32)22-17-29(13-12-20(22)18-8-7-9-19(16-18)28(2)3)14-15-30-24(31)21-10-5-6-11-23(21)27-26(30)33/h5-11,16,20,22H,4,12-15,17H2,1-3H3,(H,27,33)/t20-,22-/m0/s1. The number of ether oxygens (including phenoxy) is 1. The summed E-state index contributed by atoms with van der Waals surface area (Å²) in [5, 5.41) is 0.492. The van der Waals surface area contributed by atoms with Crippen molar-refractivity contribution in [3.63, 3.8) is 0 Å². The number of aromatic nitrogens is 2. The second-order valence-electron chi connectivity index (χ2n) is 8.98. The Morgan fingerprint density at radius 2 is 1.91 bits per heavy atom. The van der Waals surface area contributed by atoms with Crippen LogP contribution in [0, 0.1) is 5.92 Å². The average molecular weight is 465 g/mol. The minimum absolute atomic E-state index is 0.0574. The summed E-state index contributed by atoms with van der Waals surface area (Å²) in [6.07, 6.45) is 0.795. The highest BCUT2D eigenvalue weighted by Gasteiger charge is 2.36. The minimum atomic E-state index is -0.416. The number of nitrogens with one attached hydrogen (secondary N) is 1. The first-order chi connectivity index (χ1) is 16.4. The van der Waals surface area contributed by atoms with E-state index in [4.69, 9.17) is 4.74 Å². The van der Waals surface area contributed by atoms with Gasteiger partial charge in [0.25, 0.3) is 5.56 Å². The zero-order valence-corrected chi connectivity index (χ0v) is 20.0. The van der Waals surface area contributed by atoms with E-state index in [-0.39, 0.29) is 29.9 Å². The van der Waals surface area contributed by atoms with Crippen molar-refractivity contribution in [1.82, 2.24) is 14.5 Å². The van der Waals surface area contributed by atoms with Crippen LogP contribution in [-0.2, 0) is 16.1 Å². The Hall–Kier alpha value is -3.39. The maximum Gasteiger partial charge on any atom is 0.328 e. The van der Waals surface area contributed by atoms with E-state index in [0.29, 0.717) is 30.6 Å². The van der Waals surface area contributed by atoms with Crippen LogP contribution in [0.4, 0.5) is 5.69 Å². The fourth-order valence-corrected chi connectivity index (χ4v) is 4.79. The van der Waals surface area contributed by atoms with E-state index >= 15 is 0 Å². The molecule has 180 valence electrons. The van der Waals surface area contributed by atoms with Gasteiger partial charge in [0.1, 0.15) is 0 Å². The molecule has 1 fully saturated rings. The number of para-hydroxylation sites is 1. The van der Waals surface area contributed by atoms with Crippen molar-refractivity contribution < 1.29 is 9.53 Å². The Morgan fingerprint density at radius 1 is 1.12 bits per heavy atom. The zero-order valence-electron chi connectivity index (χ0n) is 20.0. The second-order valence-corrected chi connectivity index (χ2v) is 8.98. The Morgan fingerprint density at radius 3 is 2.68 bits per heavy atom. The molecule has 0 radical (unpaired) electrons. The molecule has 3 aromatic rings. The van der Waals surface area contributed by atoms with Gasteiger partial charge in [0.05, 0.1) is 23.4 Å². The molecular weight excluding hydrogens is 432 g/mol. The first-order valence-corrected chi connectivity index (χ1v) is 11.8. The van der Waals surface area contributed by atoms with Crippen LogP contribution in [0.2, 0.25) is 0 Å². The summed E-state index contributed by atoms with van der Waals surface area (Å²) in [6.45, 7) is 4.21. The van der Waals surface area contributed by atoms with Gasteiger partial charge in [-0.15, -0.1) is 0 Å². The van der Waals surface area contributed by atoms with Crippen molar-refractivity contribution in [1.29, 1.82) is 0 Å². The Bertz CT molecular complexity index is 1280. The number of benzene rings is 2. The first kappa shape index (κ1) is 23.8. The number of H-pyrrole nitrogens is 1. The molecule has 0 spiro atoms. The van der Waals surface area contributed by atoms with E-state index in [1.54, 1.807) is 24.3 Å². The topological polar surface area (TPSA) is 87.6 Å². The SMILES string of the molecule is CCOC(=O)[C@H]1CN(CCn2c(=O)[nH]c3ccccc3c2=O)CC[C@H]1c1cccc(N(C)C)c1. The number of carbonyl (C=O) groups excluding carboxylic acids is 1. The van der Waals surface area contributed by atoms with Crippen molar-refractivity contribution >= 4 is 22.6 Å². The molecule has 1 aliphatic rings. The first-order valence-electron chi connectivity index (χ1n) is 11.8. The number of anilines is 1. The van der Waals surface area contributed by atoms with Crippen LogP contribution in [0.25, 0.3) is 10.9 Å². The smallest absolute Gasteiger partial charge is 0.328 e. The lowest BCUT2D eigenvalue weighted by molar-refractivity contribution is -0.150. The fraction of sp³-hybridized carbons (Fsp3) is 0.423. The monoisotopic (exact) mass is 464 g/mol. The molecule has 0 unspecified atom stereocenters. The van der Waals surface area contributed by atoms with E-state index < -0.39 is 5.69 Å². The lowest BCUT2D eigenvalue weighted by Crippen LogP contribution is -2.46. The van der Waals surface area contributed by atoms with Crippen molar-refractivity contribution in [2.45, 2.75) is 25.8 Å². The number of nitrogens with zero attached hydrogens (tertiary/aromatic N) is 3. The molecular formula is C26H32N4O4. The number of esters is 1. The van der Waals surface area contributed by atoms with Gasteiger partial charge in [-0.2, -0.15) is 0 Å². The van der Waals surface area contributed by atoms with Gasteiger partial charge in [-0.05, 0) is 55.6 Å². The third-order valence-corrected chi connectivity index (χ3v) is 6.63. The van der Waals surface area contributed by atoms with Gasteiger partial charge in [0.2, 0.25) is 0 Å². The number of hydrogen-bond acceptors (Lipinski definition) is 6. The van der Waals surface area contributed by atoms with Crippen LogP contribution >= 0.6 is 0 Å². The number of hydrogen-bond donors (Lipinski definition) is 1. The third kappa shape index (κ3) is 4.92. The van der Waals surface area contributed by atoms with Crippen LogP contribution in [0.15, 0.2) is 58.1 Å². The van der Waals surface area contributed by atoms with Gasteiger partial charge in [-0.25, -0.2) is 4.79 Å². The van der Waals surface area contributed by atoms with Gasteiger partial charge in [-0.1, -0.05) is 24.3 Å². The maximum absolute atomic E-state index is 12.9. The number of likely N-dealkylation sites (tertiary alicyclic amines) is 1. The molecule has 34 heavy (non-hydrogen) atoms. The van der Waals surface area contributed by atoms with Crippen molar-refractivity contribution in [2.24, 2.45) is 5.92 Å². The van der Waals surface area contributed by atoms with E-state index in [1.807, 2.05) is 27.1 Å². The van der Waals surface area contributed by atoms with Crippen LogP contribution in [0.5, 0.6) is 0 Å². The second kappa shape index (κ2) is 10.3. The van der Waals surface area contributed by atoms with Crippen LogP contribution in [0.3, 0.4) is 0 Å². The van der Waals surface area contributed by atoms with Crippen LogP contribution in [-0.4, -0.2) is 60.8 Å². The molecule has 1 N–H and O–H groups in total. The van der Waals surface area contributed by atoms with Gasteiger partial charge < -0.3 is 19.5 Å². The van der Waals surface area contributed by atoms with Crippen molar-refractivity contribution in [3.8, 4) is 0 Å². The van der Waals surface area contributed by atoms with Gasteiger partial charge in [0.15, 0.2) is 0 Å². The van der Waals surface area contributed by atoms with E-state index in [0.717, 1.165) is 24.2 Å². The summed E-state index contributed by atoms with van der Waals surface area (Å²) in [4.78, 5) is 45.3. The number of aromatic amines is 1. The molecule has 0 bridgehead atoms. The molecule has 8 nitrogen and oxygen atoms in total. The van der Waals surface area contributed by atoms with Crippen molar-refractivity contribution in [3.05, 3.63) is 74.9 Å². The van der Waals surface area contributed by atoms with E-state index in [9.17, 15) is 14.4 Å². The van der Waals surface area contributed by atoms with Crippen LogP contribution < -0.4 is 16.1 Å². The number of fused-ring (bicyclic) bond motifs is 1. The molecule has 2 heterocycles. The molecule has 0 amide bonds. The number of piperidine rings is 1. The summed E-state index contributed by atoms with van der Waals surface area (Å²) in [6, 6.07) is 15.3. The predicted molar refractivity (Wildman–Crippen MR) is 134 cm³/mol. The fourth-order valence-electron chi connectivity index (χ4n) is 4.79. The van der Waals surface area contributed by atoms with Gasteiger partial charge in [-0.3, -0.25) is 14.2 Å². The Kier molecular flexibility index (Phi) is 7.17. The van der Waals surface area contributed by atoms with E-state index in [2.05, 4.69) is 33.0 Å². The largest absolute Gasteiger partial charge is 0.466 e. The van der Waals surface area contributed by atoms with Crippen molar-refractivity contribution in [2.75, 3.05) is 45.2 Å². The highest BCUT2D eigenvalue weighted by molar-refractivity contribution is 5.77. The molecule has 8 heteroatoms. The molecule has 2 atom stereocenters. The van der Waals surface area contributed by atoms with Crippen LogP contribution in [0.1, 0.15) is 24.8 Å². The number of carbonyl (C=O) groups is 1. The third-order valence-electron chi connectivity index (χ3n) is 6.63. The number of rotatable bonds is 7. The lowest BCUT2D eigenvalue weighted by atomic mass is 9.80. The summed E-state index contributed by atoms with van der Waals surface area (Å²) in [5.41, 5.74) is 2.05. The summed E-state index contributed by atoms with van der Waals surface area (Å²) in [5.74, 6) is -0.451. The molecule has 2 aromatic carbocycles. The minimum Gasteiger partial charge on any atom is -0.466 e. The zero-order chi connectivity index (χ0) is 24.2. The quantitative estimate of drug-likeness (QED) is 0.541. The molecule has 1 aliphatic heterocycles.